The Labute approximate surface area is 83.2 Å². The lowest BCUT2D eigenvalue weighted by Crippen LogP contribution is -1.94. The average Bonchev–Trinajstić information content (AvgIpc) is 2.51. The van der Waals surface area contributed by atoms with Crippen LogP contribution in [-0.2, 0) is 6.54 Å². The molecule has 2 heteroatoms. The Bertz CT molecular complexity index is 457. The van der Waals surface area contributed by atoms with Crippen LogP contribution in [-0.4, -0.2) is 4.57 Å². The molecular weight excluding hydrogens is 177 g/mol. The Morgan fingerprint density at radius 1 is 1.36 bits per heavy atom. The first kappa shape index (κ1) is 9.25. The van der Waals surface area contributed by atoms with Gasteiger partial charge >= 0.3 is 0 Å². The zero-order chi connectivity index (χ0) is 10.1. The smallest absolute Gasteiger partial charge is 0.126 e. The van der Waals surface area contributed by atoms with Gasteiger partial charge in [-0.2, -0.15) is 0 Å². The number of fused-ring (bicyclic) bond motifs is 1. The van der Waals surface area contributed by atoms with Crippen molar-refractivity contribution in [1.29, 1.82) is 0 Å². The first-order chi connectivity index (χ1) is 6.72. The molecule has 0 aliphatic carbocycles. The van der Waals surface area contributed by atoms with E-state index in [0.717, 1.165) is 23.9 Å². The van der Waals surface area contributed by atoms with Crippen LogP contribution in [0, 0.1) is 12.7 Å². The van der Waals surface area contributed by atoms with Gasteiger partial charge in [0.25, 0.3) is 0 Å². The topological polar surface area (TPSA) is 4.93 Å². The van der Waals surface area contributed by atoms with Crippen molar-refractivity contribution in [3.63, 3.8) is 0 Å². The summed E-state index contributed by atoms with van der Waals surface area (Å²) in [5, 5.41) is 0.988. The van der Waals surface area contributed by atoms with Gasteiger partial charge in [0.2, 0.25) is 0 Å². The van der Waals surface area contributed by atoms with Crippen molar-refractivity contribution in [2.24, 2.45) is 0 Å². The lowest BCUT2D eigenvalue weighted by Gasteiger charge is -2.03. The second-order valence-electron chi connectivity index (χ2n) is 3.67. The summed E-state index contributed by atoms with van der Waals surface area (Å²) in [6.45, 7) is 4.94. The van der Waals surface area contributed by atoms with E-state index in [0.29, 0.717) is 5.56 Å². The van der Waals surface area contributed by atoms with Crippen LogP contribution in [0.2, 0.25) is 0 Å². The second kappa shape index (κ2) is 3.45. The standard InChI is InChI=1S/C12H14FN/c1-3-5-14-6-4-10-8-11(13)9(2)7-12(10)14/h4,6-8H,3,5H2,1-2H3. The van der Waals surface area contributed by atoms with Gasteiger partial charge in [-0.15, -0.1) is 0 Å². The van der Waals surface area contributed by atoms with Crippen molar-refractivity contribution >= 4 is 10.9 Å². The molecule has 0 saturated carbocycles. The summed E-state index contributed by atoms with van der Waals surface area (Å²) in [5.74, 6) is -0.119. The summed E-state index contributed by atoms with van der Waals surface area (Å²) in [5.41, 5.74) is 1.85. The number of halogens is 1. The number of hydrogen-bond donors (Lipinski definition) is 0. The average molecular weight is 191 g/mol. The van der Waals surface area contributed by atoms with E-state index >= 15 is 0 Å². The SMILES string of the molecule is CCCn1ccc2cc(F)c(C)cc21. The van der Waals surface area contributed by atoms with Crippen LogP contribution < -0.4 is 0 Å². The van der Waals surface area contributed by atoms with Gasteiger partial charge in [-0.05, 0) is 37.1 Å². The van der Waals surface area contributed by atoms with Crippen LogP contribution in [0.3, 0.4) is 0 Å². The van der Waals surface area contributed by atoms with E-state index < -0.39 is 0 Å². The fraction of sp³-hybridized carbons (Fsp3) is 0.333. The van der Waals surface area contributed by atoms with Crippen LogP contribution in [0.25, 0.3) is 10.9 Å². The van der Waals surface area contributed by atoms with E-state index in [1.807, 2.05) is 18.3 Å². The van der Waals surface area contributed by atoms with Gasteiger partial charge in [0, 0.05) is 23.6 Å². The molecule has 1 heterocycles. The Morgan fingerprint density at radius 3 is 2.86 bits per heavy atom. The summed E-state index contributed by atoms with van der Waals surface area (Å²) in [6.07, 6.45) is 3.12. The van der Waals surface area contributed by atoms with E-state index in [2.05, 4.69) is 11.5 Å². The van der Waals surface area contributed by atoms with Gasteiger partial charge in [0.1, 0.15) is 5.82 Å². The summed E-state index contributed by atoms with van der Waals surface area (Å²) in [6, 6.07) is 5.49. The van der Waals surface area contributed by atoms with E-state index in [9.17, 15) is 4.39 Å². The van der Waals surface area contributed by atoms with Gasteiger partial charge < -0.3 is 4.57 Å². The number of nitrogens with zero attached hydrogens (tertiary/aromatic N) is 1. The molecule has 0 saturated heterocycles. The quantitative estimate of drug-likeness (QED) is 0.684. The first-order valence-corrected chi connectivity index (χ1v) is 4.97. The van der Waals surface area contributed by atoms with E-state index in [1.165, 1.54) is 0 Å². The molecule has 0 unspecified atom stereocenters. The highest BCUT2D eigenvalue weighted by molar-refractivity contribution is 5.80. The minimum atomic E-state index is -0.119. The third kappa shape index (κ3) is 1.41. The molecule has 1 aromatic carbocycles. The minimum absolute atomic E-state index is 0.119. The monoisotopic (exact) mass is 191 g/mol. The molecule has 14 heavy (non-hydrogen) atoms. The maximum absolute atomic E-state index is 13.2. The maximum atomic E-state index is 13.2. The molecule has 0 radical (unpaired) electrons. The Hall–Kier alpha value is -1.31. The second-order valence-corrected chi connectivity index (χ2v) is 3.67. The van der Waals surface area contributed by atoms with Crippen molar-refractivity contribution < 1.29 is 4.39 Å². The number of aromatic nitrogens is 1. The van der Waals surface area contributed by atoms with E-state index in [-0.39, 0.29) is 5.82 Å². The Balaban J connectivity index is 2.61. The predicted octanol–water partition coefficient (Wildman–Crippen LogP) is 3.50. The molecule has 0 atom stereocenters. The molecule has 1 nitrogen and oxygen atoms in total. The van der Waals surface area contributed by atoms with Gasteiger partial charge in [0.05, 0.1) is 0 Å². The van der Waals surface area contributed by atoms with Gasteiger partial charge in [-0.25, -0.2) is 4.39 Å². The van der Waals surface area contributed by atoms with Crippen LogP contribution >= 0.6 is 0 Å². The Morgan fingerprint density at radius 2 is 2.14 bits per heavy atom. The molecule has 0 fully saturated rings. The largest absolute Gasteiger partial charge is 0.347 e. The van der Waals surface area contributed by atoms with Crippen molar-refractivity contribution in [3.05, 3.63) is 35.8 Å². The highest BCUT2D eigenvalue weighted by atomic mass is 19.1. The minimum Gasteiger partial charge on any atom is -0.347 e. The van der Waals surface area contributed by atoms with Crippen LogP contribution in [0.15, 0.2) is 24.4 Å². The third-order valence-corrected chi connectivity index (χ3v) is 2.52. The van der Waals surface area contributed by atoms with Gasteiger partial charge in [0.15, 0.2) is 0 Å². The van der Waals surface area contributed by atoms with Crippen LogP contribution in [0.1, 0.15) is 18.9 Å². The number of aryl methyl sites for hydroxylation is 2. The molecule has 0 amide bonds. The highest BCUT2D eigenvalue weighted by Crippen LogP contribution is 2.20. The predicted molar refractivity (Wildman–Crippen MR) is 56.9 cm³/mol. The molecule has 0 N–H and O–H groups in total. The summed E-state index contributed by atoms with van der Waals surface area (Å²) in [4.78, 5) is 0. The molecule has 2 aromatic rings. The normalized spacial score (nSPS) is 11.1. The lowest BCUT2D eigenvalue weighted by molar-refractivity contribution is 0.620. The summed E-state index contributed by atoms with van der Waals surface area (Å²) < 4.78 is 15.4. The molecule has 1 aromatic heterocycles. The number of rotatable bonds is 2. The fourth-order valence-electron chi connectivity index (χ4n) is 1.75. The molecule has 74 valence electrons. The molecule has 2 rings (SSSR count). The maximum Gasteiger partial charge on any atom is 0.126 e. The summed E-state index contributed by atoms with van der Waals surface area (Å²) >= 11 is 0. The zero-order valence-electron chi connectivity index (χ0n) is 8.55. The molecule has 0 bridgehead atoms. The van der Waals surface area contributed by atoms with E-state index in [4.69, 9.17) is 0 Å². The molecule has 0 spiro atoms. The summed E-state index contributed by atoms with van der Waals surface area (Å²) in [7, 11) is 0. The fourth-order valence-corrected chi connectivity index (χ4v) is 1.75. The highest BCUT2D eigenvalue weighted by Gasteiger charge is 2.04. The van der Waals surface area contributed by atoms with Gasteiger partial charge in [-0.3, -0.25) is 0 Å². The van der Waals surface area contributed by atoms with Crippen molar-refractivity contribution in [2.45, 2.75) is 26.8 Å². The first-order valence-electron chi connectivity index (χ1n) is 4.97. The third-order valence-electron chi connectivity index (χ3n) is 2.52. The molecular formula is C12H14FN. The number of hydrogen-bond acceptors (Lipinski definition) is 0. The van der Waals surface area contributed by atoms with E-state index in [1.54, 1.807) is 13.0 Å². The molecule has 0 aliphatic rings. The number of benzene rings is 1. The lowest BCUT2D eigenvalue weighted by atomic mass is 10.2. The molecule has 0 aliphatic heterocycles. The van der Waals surface area contributed by atoms with Gasteiger partial charge in [-0.1, -0.05) is 6.92 Å². The van der Waals surface area contributed by atoms with Crippen LogP contribution in [0.4, 0.5) is 4.39 Å². The van der Waals surface area contributed by atoms with Crippen molar-refractivity contribution in [1.82, 2.24) is 4.57 Å². The van der Waals surface area contributed by atoms with Crippen LogP contribution in [0.5, 0.6) is 0 Å². The zero-order valence-corrected chi connectivity index (χ0v) is 8.55. The van der Waals surface area contributed by atoms with Crippen molar-refractivity contribution in [2.75, 3.05) is 0 Å². The van der Waals surface area contributed by atoms with Crippen molar-refractivity contribution in [3.8, 4) is 0 Å². The Kier molecular flexibility index (Phi) is 2.28.